The molecule has 0 aliphatic heterocycles. The van der Waals surface area contributed by atoms with Gasteiger partial charge in [-0.1, -0.05) is 23.2 Å². The maximum absolute atomic E-state index is 12.4. The van der Waals surface area contributed by atoms with E-state index < -0.39 is 24.2 Å². The minimum Gasteiger partial charge on any atom is -0.480 e. The first-order chi connectivity index (χ1) is 6.65. The summed E-state index contributed by atoms with van der Waals surface area (Å²) >= 11 is 10.4. The van der Waals surface area contributed by atoms with Crippen molar-refractivity contribution < 1.29 is 23.1 Å². The maximum Gasteiger partial charge on any atom is 0.417 e. The highest BCUT2D eigenvalue weighted by molar-refractivity contribution is 6.36. The maximum atomic E-state index is 12.4. The lowest BCUT2D eigenvalue weighted by molar-refractivity contribution is -0.205. The van der Waals surface area contributed by atoms with Gasteiger partial charge in [0.25, 0.3) is 0 Å². The molecule has 0 aromatic heterocycles. The molecule has 0 spiro atoms. The molecule has 0 saturated carbocycles. The van der Waals surface area contributed by atoms with Crippen molar-refractivity contribution in [1.82, 2.24) is 5.32 Å². The molecule has 0 aliphatic rings. The van der Waals surface area contributed by atoms with Crippen LogP contribution in [0.4, 0.5) is 13.2 Å². The van der Waals surface area contributed by atoms with Gasteiger partial charge in [-0.15, -0.1) is 0 Å². The summed E-state index contributed by atoms with van der Waals surface area (Å²) in [7, 11) is 0. The third-order valence-electron chi connectivity index (χ3n) is 1.72. The van der Waals surface area contributed by atoms with E-state index in [4.69, 9.17) is 28.3 Å². The standard InChI is InChI=1S/C7H8Cl2F3NO2/c1-6(5(14)15,7(10,11)12)13-3-4(9)2-8/h2,13H,3H2,1H3,(H,14,15). The summed E-state index contributed by atoms with van der Waals surface area (Å²) in [5.74, 6) is -2.03. The van der Waals surface area contributed by atoms with Crippen LogP contribution >= 0.6 is 23.2 Å². The zero-order valence-corrected chi connectivity index (χ0v) is 9.04. The van der Waals surface area contributed by atoms with Gasteiger partial charge in [-0.3, -0.25) is 5.32 Å². The van der Waals surface area contributed by atoms with Crippen LogP contribution in [-0.4, -0.2) is 29.3 Å². The van der Waals surface area contributed by atoms with Crippen molar-refractivity contribution in [2.45, 2.75) is 18.6 Å². The molecule has 15 heavy (non-hydrogen) atoms. The SMILES string of the molecule is CC(NCC(Cl)=CCl)(C(=O)O)C(F)(F)F. The summed E-state index contributed by atoms with van der Waals surface area (Å²) < 4.78 is 37.1. The second-order valence-corrected chi connectivity index (χ2v) is 3.54. The highest BCUT2D eigenvalue weighted by Gasteiger charge is 2.57. The van der Waals surface area contributed by atoms with E-state index in [-0.39, 0.29) is 5.03 Å². The van der Waals surface area contributed by atoms with E-state index in [9.17, 15) is 18.0 Å². The Kier molecular flexibility index (Phi) is 4.89. The summed E-state index contributed by atoms with van der Waals surface area (Å²) in [5.41, 5.74) is -2.19. The van der Waals surface area contributed by atoms with Gasteiger partial charge in [0.05, 0.1) is 0 Å². The predicted octanol–water partition coefficient (Wildman–Crippen LogP) is 2.30. The van der Waals surface area contributed by atoms with Crippen LogP contribution in [0.15, 0.2) is 10.6 Å². The fourth-order valence-corrected chi connectivity index (χ4v) is 0.741. The van der Waals surface area contributed by atoms with E-state index in [0.717, 1.165) is 5.54 Å². The Bertz CT molecular complexity index is 280. The van der Waals surface area contributed by atoms with Gasteiger partial charge in [0.1, 0.15) is 0 Å². The fraction of sp³-hybridized carbons (Fsp3) is 0.571. The zero-order chi connectivity index (χ0) is 12.3. The molecule has 88 valence electrons. The number of halogens is 5. The number of alkyl halides is 3. The number of hydrogen-bond donors (Lipinski definition) is 2. The molecule has 2 N–H and O–H groups in total. The first-order valence-electron chi connectivity index (χ1n) is 3.65. The molecule has 0 rings (SSSR count). The Morgan fingerprint density at radius 3 is 2.27 bits per heavy atom. The highest BCUT2D eigenvalue weighted by Crippen LogP contribution is 2.30. The zero-order valence-electron chi connectivity index (χ0n) is 7.53. The number of carbonyl (C=O) groups is 1. The third-order valence-corrected chi connectivity index (χ3v) is 2.34. The molecule has 1 unspecified atom stereocenters. The third kappa shape index (κ3) is 3.55. The molecule has 0 aliphatic carbocycles. The summed E-state index contributed by atoms with van der Waals surface area (Å²) in [6.07, 6.45) is -4.93. The van der Waals surface area contributed by atoms with Crippen molar-refractivity contribution in [3.05, 3.63) is 10.6 Å². The molecule has 0 aromatic carbocycles. The molecule has 0 saturated heterocycles. The molecule has 0 bridgehead atoms. The number of hydrogen-bond acceptors (Lipinski definition) is 2. The van der Waals surface area contributed by atoms with Crippen molar-refractivity contribution in [3.8, 4) is 0 Å². The Morgan fingerprint density at radius 2 is 2.00 bits per heavy atom. The quantitative estimate of drug-likeness (QED) is 0.820. The minimum absolute atomic E-state index is 0.117. The van der Waals surface area contributed by atoms with Crippen molar-refractivity contribution in [1.29, 1.82) is 0 Å². The van der Waals surface area contributed by atoms with Gasteiger partial charge in [0.2, 0.25) is 5.54 Å². The number of nitrogens with one attached hydrogen (secondary N) is 1. The van der Waals surface area contributed by atoms with Crippen LogP contribution in [0.3, 0.4) is 0 Å². The van der Waals surface area contributed by atoms with Crippen LogP contribution < -0.4 is 5.32 Å². The monoisotopic (exact) mass is 265 g/mol. The smallest absolute Gasteiger partial charge is 0.417 e. The van der Waals surface area contributed by atoms with Gasteiger partial charge < -0.3 is 5.11 Å². The topological polar surface area (TPSA) is 49.3 Å². The predicted molar refractivity (Wildman–Crippen MR) is 49.9 cm³/mol. The average Bonchev–Trinajstić information content (AvgIpc) is 2.11. The number of aliphatic carboxylic acids is 1. The molecule has 0 amide bonds. The van der Waals surface area contributed by atoms with Gasteiger partial charge in [-0.2, -0.15) is 13.2 Å². The normalized spacial score (nSPS) is 17.3. The van der Waals surface area contributed by atoms with Crippen LogP contribution in [0.5, 0.6) is 0 Å². The number of rotatable bonds is 4. The largest absolute Gasteiger partial charge is 0.480 e. The van der Waals surface area contributed by atoms with Gasteiger partial charge in [0, 0.05) is 17.1 Å². The second kappa shape index (κ2) is 5.05. The lowest BCUT2D eigenvalue weighted by Gasteiger charge is -2.28. The van der Waals surface area contributed by atoms with Crippen molar-refractivity contribution in [2.75, 3.05) is 6.54 Å². The fourth-order valence-electron chi connectivity index (χ4n) is 0.597. The Balaban J connectivity index is 4.77. The molecular weight excluding hydrogens is 258 g/mol. The highest BCUT2D eigenvalue weighted by atomic mass is 35.5. The lowest BCUT2D eigenvalue weighted by atomic mass is 10.0. The van der Waals surface area contributed by atoms with E-state index in [0.29, 0.717) is 6.92 Å². The molecule has 8 heteroatoms. The molecule has 0 radical (unpaired) electrons. The number of carboxylic acids is 1. The Hall–Kier alpha value is -0.460. The van der Waals surface area contributed by atoms with Crippen LogP contribution in [0.25, 0.3) is 0 Å². The van der Waals surface area contributed by atoms with Gasteiger partial charge >= 0.3 is 12.1 Å². The summed E-state index contributed by atoms with van der Waals surface area (Å²) in [6.45, 7) is 0.0289. The van der Waals surface area contributed by atoms with E-state index in [1.54, 1.807) is 5.32 Å². The second-order valence-electron chi connectivity index (χ2n) is 2.84. The molecule has 0 aromatic rings. The summed E-state index contributed by atoms with van der Waals surface area (Å²) in [6, 6.07) is 0. The summed E-state index contributed by atoms with van der Waals surface area (Å²) in [4.78, 5) is 10.5. The van der Waals surface area contributed by atoms with Crippen LogP contribution in [-0.2, 0) is 4.79 Å². The van der Waals surface area contributed by atoms with Crippen molar-refractivity contribution in [2.24, 2.45) is 0 Å². The molecule has 0 heterocycles. The molecule has 1 atom stereocenters. The van der Waals surface area contributed by atoms with Crippen LogP contribution in [0.2, 0.25) is 0 Å². The Morgan fingerprint density at radius 1 is 1.53 bits per heavy atom. The van der Waals surface area contributed by atoms with Crippen molar-refractivity contribution in [3.63, 3.8) is 0 Å². The first-order valence-corrected chi connectivity index (χ1v) is 4.46. The van der Waals surface area contributed by atoms with E-state index >= 15 is 0 Å². The minimum atomic E-state index is -4.93. The van der Waals surface area contributed by atoms with E-state index in [1.807, 2.05) is 0 Å². The van der Waals surface area contributed by atoms with E-state index in [2.05, 4.69) is 0 Å². The Labute approximate surface area is 93.8 Å². The average molecular weight is 266 g/mol. The molecule has 3 nitrogen and oxygen atoms in total. The lowest BCUT2D eigenvalue weighted by Crippen LogP contribution is -2.60. The molecular formula is C7H8Cl2F3NO2. The number of carboxylic acid groups (broad SMARTS) is 1. The van der Waals surface area contributed by atoms with Gasteiger partial charge in [-0.05, 0) is 6.92 Å². The molecule has 0 fully saturated rings. The summed E-state index contributed by atoms with van der Waals surface area (Å²) in [5, 5.41) is 10.1. The van der Waals surface area contributed by atoms with Gasteiger partial charge in [0.15, 0.2) is 0 Å². The first kappa shape index (κ1) is 14.5. The van der Waals surface area contributed by atoms with Crippen LogP contribution in [0, 0.1) is 0 Å². The van der Waals surface area contributed by atoms with Crippen molar-refractivity contribution >= 4 is 29.2 Å². The van der Waals surface area contributed by atoms with E-state index in [1.165, 1.54) is 0 Å². The van der Waals surface area contributed by atoms with Crippen LogP contribution in [0.1, 0.15) is 6.92 Å². The van der Waals surface area contributed by atoms with Gasteiger partial charge in [-0.25, -0.2) is 4.79 Å².